The van der Waals surface area contributed by atoms with Crippen LogP contribution >= 0.6 is 0 Å². The number of methoxy groups -OCH3 is 1. The van der Waals surface area contributed by atoms with Crippen LogP contribution in [0.3, 0.4) is 0 Å². The molecule has 5 nitrogen and oxygen atoms in total. The third kappa shape index (κ3) is 4.55. The summed E-state index contributed by atoms with van der Waals surface area (Å²) >= 11 is 0. The van der Waals surface area contributed by atoms with E-state index < -0.39 is 0 Å². The van der Waals surface area contributed by atoms with E-state index in [1.165, 1.54) is 25.7 Å². The van der Waals surface area contributed by atoms with Crippen molar-refractivity contribution in [3.05, 3.63) is 23.8 Å². The lowest BCUT2D eigenvalue weighted by Crippen LogP contribution is -2.44. The van der Waals surface area contributed by atoms with Crippen LogP contribution in [0.1, 0.15) is 38.2 Å². The summed E-state index contributed by atoms with van der Waals surface area (Å²) in [6, 6.07) is 5.71. The summed E-state index contributed by atoms with van der Waals surface area (Å²) in [4.78, 5) is 4.27. The summed E-state index contributed by atoms with van der Waals surface area (Å²) in [5.74, 6) is 2.61. The highest BCUT2D eigenvalue weighted by atomic mass is 16.5. The number of aliphatic imine (C=N–C) groups is 1. The SMILES string of the molecule is CN=C(NCc1cc(OC)ccc1O)NC1CCC(C)CC1. The summed E-state index contributed by atoms with van der Waals surface area (Å²) in [5.41, 5.74) is 0.791. The molecular weight excluding hydrogens is 278 g/mol. The van der Waals surface area contributed by atoms with E-state index in [0.717, 1.165) is 23.2 Å². The molecule has 0 heterocycles. The lowest BCUT2D eigenvalue weighted by atomic mass is 9.87. The van der Waals surface area contributed by atoms with Crippen molar-refractivity contribution in [2.45, 2.75) is 45.2 Å². The second-order valence-corrected chi connectivity index (χ2v) is 6.02. The molecule has 1 saturated carbocycles. The zero-order chi connectivity index (χ0) is 15.9. The van der Waals surface area contributed by atoms with Crippen LogP contribution in [0.4, 0.5) is 0 Å². The summed E-state index contributed by atoms with van der Waals surface area (Å²) < 4.78 is 5.19. The Kier molecular flexibility index (Phi) is 5.92. The van der Waals surface area contributed by atoms with Gasteiger partial charge in [0.2, 0.25) is 0 Å². The Balaban J connectivity index is 1.88. The number of ether oxygens (including phenoxy) is 1. The molecular formula is C17H27N3O2. The fourth-order valence-corrected chi connectivity index (χ4v) is 2.80. The Labute approximate surface area is 132 Å². The van der Waals surface area contributed by atoms with Crippen molar-refractivity contribution >= 4 is 5.96 Å². The maximum absolute atomic E-state index is 9.91. The number of rotatable bonds is 4. The smallest absolute Gasteiger partial charge is 0.191 e. The molecule has 1 aliphatic carbocycles. The van der Waals surface area contributed by atoms with Gasteiger partial charge in [-0.2, -0.15) is 0 Å². The van der Waals surface area contributed by atoms with E-state index >= 15 is 0 Å². The predicted molar refractivity (Wildman–Crippen MR) is 89.4 cm³/mol. The molecule has 0 unspecified atom stereocenters. The molecule has 122 valence electrons. The van der Waals surface area contributed by atoms with Crippen LogP contribution in [0.25, 0.3) is 0 Å². The van der Waals surface area contributed by atoms with Gasteiger partial charge in [-0.25, -0.2) is 0 Å². The minimum absolute atomic E-state index is 0.259. The van der Waals surface area contributed by atoms with E-state index in [9.17, 15) is 5.11 Å². The van der Waals surface area contributed by atoms with Crippen LogP contribution < -0.4 is 15.4 Å². The first-order valence-corrected chi connectivity index (χ1v) is 7.95. The Hall–Kier alpha value is -1.91. The molecule has 0 radical (unpaired) electrons. The molecule has 22 heavy (non-hydrogen) atoms. The van der Waals surface area contributed by atoms with Gasteiger partial charge in [-0.05, 0) is 49.8 Å². The van der Waals surface area contributed by atoms with Gasteiger partial charge in [0.15, 0.2) is 5.96 Å². The highest BCUT2D eigenvalue weighted by Crippen LogP contribution is 2.24. The number of phenolic OH excluding ortho intramolecular Hbond substituents is 1. The van der Waals surface area contributed by atoms with Crippen molar-refractivity contribution in [2.75, 3.05) is 14.2 Å². The average molecular weight is 305 g/mol. The summed E-state index contributed by atoms with van der Waals surface area (Å²) in [7, 11) is 3.39. The standard InChI is InChI=1S/C17H27N3O2/c1-12-4-6-14(7-5-12)20-17(18-2)19-11-13-10-15(22-3)8-9-16(13)21/h8-10,12,14,21H,4-7,11H2,1-3H3,(H2,18,19,20). The monoisotopic (exact) mass is 305 g/mol. The van der Waals surface area contributed by atoms with Crippen LogP contribution in [0.15, 0.2) is 23.2 Å². The number of phenols is 1. The van der Waals surface area contributed by atoms with Crippen molar-refractivity contribution in [3.63, 3.8) is 0 Å². The van der Waals surface area contributed by atoms with E-state index in [1.807, 2.05) is 6.07 Å². The molecule has 1 aliphatic rings. The normalized spacial score (nSPS) is 22.2. The molecule has 1 aromatic rings. The van der Waals surface area contributed by atoms with E-state index in [1.54, 1.807) is 26.3 Å². The first-order valence-electron chi connectivity index (χ1n) is 7.95. The van der Waals surface area contributed by atoms with Crippen LogP contribution in [0, 0.1) is 5.92 Å². The molecule has 0 saturated heterocycles. The first kappa shape index (κ1) is 16.5. The number of guanidine groups is 1. The highest BCUT2D eigenvalue weighted by molar-refractivity contribution is 5.80. The number of benzene rings is 1. The number of nitrogens with one attached hydrogen (secondary N) is 2. The second-order valence-electron chi connectivity index (χ2n) is 6.02. The number of hydrogen-bond donors (Lipinski definition) is 3. The molecule has 2 rings (SSSR count). The van der Waals surface area contributed by atoms with E-state index in [2.05, 4.69) is 22.5 Å². The summed E-state index contributed by atoms with van der Waals surface area (Å²) in [5, 5.41) is 16.6. The molecule has 1 aromatic carbocycles. The number of hydrogen-bond acceptors (Lipinski definition) is 3. The molecule has 1 fully saturated rings. The zero-order valence-electron chi connectivity index (χ0n) is 13.7. The summed E-state index contributed by atoms with van der Waals surface area (Å²) in [6.07, 6.45) is 4.91. The largest absolute Gasteiger partial charge is 0.508 e. The Morgan fingerprint density at radius 2 is 2.05 bits per heavy atom. The Bertz CT molecular complexity index is 509. The van der Waals surface area contributed by atoms with Gasteiger partial charge in [0.25, 0.3) is 0 Å². The van der Waals surface area contributed by atoms with Gasteiger partial charge in [0.05, 0.1) is 7.11 Å². The first-order chi connectivity index (χ1) is 10.6. The van der Waals surface area contributed by atoms with Crippen molar-refractivity contribution in [2.24, 2.45) is 10.9 Å². The van der Waals surface area contributed by atoms with Crippen molar-refractivity contribution in [1.29, 1.82) is 0 Å². The maximum Gasteiger partial charge on any atom is 0.191 e. The molecule has 0 spiro atoms. The lowest BCUT2D eigenvalue weighted by molar-refractivity contribution is 0.329. The Morgan fingerprint density at radius 3 is 2.68 bits per heavy atom. The van der Waals surface area contributed by atoms with Crippen molar-refractivity contribution in [1.82, 2.24) is 10.6 Å². The van der Waals surface area contributed by atoms with Gasteiger partial charge < -0.3 is 20.5 Å². The molecule has 0 aromatic heterocycles. The van der Waals surface area contributed by atoms with Gasteiger partial charge >= 0.3 is 0 Å². The molecule has 0 amide bonds. The second kappa shape index (κ2) is 7.92. The van der Waals surface area contributed by atoms with Crippen molar-refractivity contribution in [3.8, 4) is 11.5 Å². The third-order valence-electron chi connectivity index (χ3n) is 4.31. The van der Waals surface area contributed by atoms with Gasteiger partial charge in [-0.1, -0.05) is 6.92 Å². The fraction of sp³-hybridized carbons (Fsp3) is 0.588. The zero-order valence-corrected chi connectivity index (χ0v) is 13.7. The highest BCUT2D eigenvalue weighted by Gasteiger charge is 2.18. The third-order valence-corrected chi connectivity index (χ3v) is 4.31. The van der Waals surface area contributed by atoms with Gasteiger partial charge in [0, 0.05) is 25.2 Å². The van der Waals surface area contributed by atoms with Crippen LogP contribution in [0.5, 0.6) is 11.5 Å². The molecule has 3 N–H and O–H groups in total. The maximum atomic E-state index is 9.91. The van der Waals surface area contributed by atoms with Crippen LogP contribution in [0.2, 0.25) is 0 Å². The minimum atomic E-state index is 0.259. The minimum Gasteiger partial charge on any atom is -0.508 e. The van der Waals surface area contributed by atoms with Gasteiger partial charge in [0.1, 0.15) is 11.5 Å². The summed E-state index contributed by atoms with van der Waals surface area (Å²) in [6.45, 7) is 2.82. The van der Waals surface area contributed by atoms with E-state index in [4.69, 9.17) is 4.74 Å². The van der Waals surface area contributed by atoms with Crippen molar-refractivity contribution < 1.29 is 9.84 Å². The van der Waals surface area contributed by atoms with E-state index in [0.29, 0.717) is 12.6 Å². The van der Waals surface area contributed by atoms with E-state index in [-0.39, 0.29) is 5.75 Å². The van der Waals surface area contributed by atoms with Gasteiger partial charge in [-0.15, -0.1) is 0 Å². The lowest BCUT2D eigenvalue weighted by Gasteiger charge is -2.28. The van der Waals surface area contributed by atoms with Crippen LogP contribution in [-0.2, 0) is 6.54 Å². The quantitative estimate of drug-likeness (QED) is 0.591. The average Bonchev–Trinajstić information content (AvgIpc) is 2.54. The number of aromatic hydroxyl groups is 1. The predicted octanol–water partition coefficient (Wildman–Crippen LogP) is 2.64. The van der Waals surface area contributed by atoms with Gasteiger partial charge in [-0.3, -0.25) is 4.99 Å². The van der Waals surface area contributed by atoms with Crippen LogP contribution in [-0.4, -0.2) is 31.3 Å². The molecule has 0 atom stereocenters. The Morgan fingerprint density at radius 1 is 1.32 bits per heavy atom. The molecule has 0 bridgehead atoms. The number of nitrogens with zero attached hydrogens (tertiary/aromatic N) is 1. The fourth-order valence-electron chi connectivity index (χ4n) is 2.80. The topological polar surface area (TPSA) is 65.9 Å². The molecule has 0 aliphatic heterocycles. The molecule has 5 heteroatoms.